The first kappa shape index (κ1) is 26.2. The van der Waals surface area contributed by atoms with Gasteiger partial charge >= 0.3 is 6.18 Å². The van der Waals surface area contributed by atoms with E-state index in [2.05, 4.69) is 15.3 Å². The van der Waals surface area contributed by atoms with Gasteiger partial charge in [0.15, 0.2) is 0 Å². The van der Waals surface area contributed by atoms with E-state index in [-0.39, 0.29) is 55.5 Å². The fourth-order valence-electron chi connectivity index (χ4n) is 5.53. The van der Waals surface area contributed by atoms with Gasteiger partial charge in [-0.25, -0.2) is 18.7 Å². The number of hydrogen-bond donors (Lipinski definition) is 1. The molecule has 3 fully saturated rings. The Morgan fingerprint density at radius 2 is 1.79 bits per heavy atom. The van der Waals surface area contributed by atoms with E-state index >= 15 is 0 Å². The maximum atomic E-state index is 14.3. The molecule has 1 spiro atoms. The third kappa shape index (κ3) is 5.99. The predicted molar refractivity (Wildman–Crippen MR) is 120 cm³/mol. The van der Waals surface area contributed by atoms with Crippen LogP contribution in [0.5, 0.6) is 0 Å². The number of anilines is 2. The van der Waals surface area contributed by atoms with Crippen molar-refractivity contribution < 1.29 is 22.0 Å². The molecule has 1 aliphatic carbocycles. The van der Waals surface area contributed by atoms with Crippen LogP contribution in [0.4, 0.5) is 33.6 Å². The molecule has 3 aliphatic rings. The molecule has 1 aromatic heterocycles. The summed E-state index contributed by atoms with van der Waals surface area (Å²) >= 11 is 0. The van der Waals surface area contributed by atoms with Gasteiger partial charge in [0, 0.05) is 52.3 Å². The van der Waals surface area contributed by atoms with Crippen molar-refractivity contribution in [2.75, 3.05) is 49.6 Å². The number of halogens is 6. The molecule has 188 valence electrons. The molecule has 1 unspecified atom stereocenters. The maximum absolute atomic E-state index is 14.3. The SMILES string of the molecule is CN(CC1CNCCC1(F)F)c1cc(N2CCCC3(CCCCC3)C2)nc(C(F)(F)F)n1.Cl. The Bertz CT molecular complexity index is 794. The number of nitrogens with zero attached hydrogens (tertiary/aromatic N) is 4. The van der Waals surface area contributed by atoms with Crippen LogP contribution in [0.3, 0.4) is 0 Å². The number of rotatable bonds is 4. The Morgan fingerprint density at radius 1 is 1.09 bits per heavy atom. The monoisotopic (exact) mass is 497 g/mol. The molecule has 0 amide bonds. The topological polar surface area (TPSA) is 44.3 Å². The molecule has 5 nitrogen and oxygen atoms in total. The van der Waals surface area contributed by atoms with E-state index < -0.39 is 23.8 Å². The molecule has 1 aromatic rings. The molecule has 0 bridgehead atoms. The molecule has 3 heterocycles. The number of piperidine rings is 2. The van der Waals surface area contributed by atoms with Crippen LogP contribution < -0.4 is 15.1 Å². The molecular formula is C22H33ClF5N5. The van der Waals surface area contributed by atoms with Gasteiger partial charge in [-0.15, -0.1) is 12.4 Å². The van der Waals surface area contributed by atoms with Crippen molar-refractivity contribution in [3.8, 4) is 0 Å². The average Bonchev–Trinajstić information content (AvgIpc) is 2.75. The van der Waals surface area contributed by atoms with Crippen LogP contribution in [0.2, 0.25) is 0 Å². The van der Waals surface area contributed by atoms with Gasteiger partial charge in [-0.2, -0.15) is 13.2 Å². The summed E-state index contributed by atoms with van der Waals surface area (Å²) in [6.07, 6.45) is 2.74. The first-order valence-electron chi connectivity index (χ1n) is 11.6. The maximum Gasteiger partial charge on any atom is 0.451 e. The van der Waals surface area contributed by atoms with Crippen LogP contribution in [0, 0.1) is 11.3 Å². The summed E-state index contributed by atoms with van der Waals surface area (Å²) < 4.78 is 69.4. The van der Waals surface area contributed by atoms with Crippen LogP contribution in [0.1, 0.15) is 57.2 Å². The number of aromatic nitrogens is 2. The second-order valence-corrected chi connectivity index (χ2v) is 9.78. The minimum Gasteiger partial charge on any atom is -0.359 e. The summed E-state index contributed by atoms with van der Waals surface area (Å²) in [5, 5.41) is 2.95. The van der Waals surface area contributed by atoms with Gasteiger partial charge in [0.05, 0.1) is 5.92 Å². The van der Waals surface area contributed by atoms with Crippen molar-refractivity contribution >= 4 is 24.0 Å². The summed E-state index contributed by atoms with van der Waals surface area (Å²) in [7, 11) is 1.52. The second kappa shape index (κ2) is 10.1. The van der Waals surface area contributed by atoms with Gasteiger partial charge < -0.3 is 15.1 Å². The fourth-order valence-corrected chi connectivity index (χ4v) is 5.53. The summed E-state index contributed by atoms with van der Waals surface area (Å²) in [6.45, 7) is 1.60. The number of alkyl halides is 5. The zero-order valence-electron chi connectivity index (χ0n) is 18.9. The Balaban J connectivity index is 0.00000306. The lowest BCUT2D eigenvalue weighted by Crippen LogP contribution is -2.49. The zero-order chi connectivity index (χ0) is 23.0. The van der Waals surface area contributed by atoms with Crippen LogP contribution >= 0.6 is 12.4 Å². The molecular weight excluding hydrogens is 465 g/mol. The average molecular weight is 498 g/mol. The first-order chi connectivity index (χ1) is 15.1. The van der Waals surface area contributed by atoms with Crippen molar-refractivity contribution in [3.63, 3.8) is 0 Å². The van der Waals surface area contributed by atoms with Gasteiger partial charge in [0.2, 0.25) is 5.82 Å². The van der Waals surface area contributed by atoms with Crippen LogP contribution in [0.15, 0.2) is 6.07 Å². The standard InChI is InChI=1S/C22H32F5N5.ClH/c1-31(14-16-13-28-10-9-21(16,23)24)17-12-18(30-19(29-17)22(25,26)27)32-11-5-8-20(15-32)6-3-2-4-7-20;/h12,16,28H,2-11,13-15H2,1H3;1H. The van der Waals surface area contributed by atoms with Crippen molar-refractivity contribution in [2.24, 2.45) is 11.3 Å². The zero-order valence-corrected chi connectivity index (χ0v) is 19.8. The quantitative estimate of drug-likeness (QED) is 0.583. The minimum absolute atomic E-state index is 0. The summed E-state index contributed by atoms with van der Waals surface area (Å²) in [4.78, 5) is 10.9. The second-order valence-electron chi connectivity index (χ2n) is 9.78. The minimum atomic E-state index is -4.71. The summed E-state index contributed by atoms with van der Waals surface area (Å²) in [5.41, 5.74) is 0.141. The van der Waals surface area contributed by atoms with Gasteiger partial charge in [0.1, 0.15) is 11.6 Å². The Labute approximate surface area is 197 Å². The lowest BCUT2D eigenvalue weighted by Gasteiger charge is -2.46. The largest absolute Gasteiger partial charge is 0.451 e. The van der Waals surface area contributed by atoms with Crippen molar-refractivity contribution in [1.29, 1.82) is 0 Å². The molecule has 11 heteroatoms. The van der Waals surface area contributed by atoms with Gasteiger partial charge in [-0.1, -0.05) is 19.3 Å². The molecule has 1 saturated carbocycles. The van der Waals surface area contributed by atoms with Crippen molar-refractivity contribution in [2.45, 2.75) is 63.5 Å². The van der Waals surface area contributed by atoms with Crippen LogP contribution in [0.25, 0.3) is 0 Å². The van der Waals surface area contributed by atoms with E-state index in [1.807, 2.05) is 4.90 Å². The highest BCUT2D eigenvalue weighted by Crippen LogP contribution is 2.44. The van der Waals surface area contributed by atoms with Gasteiger partial charge in [-0.3, -0.25) is 0 Å². The first-order valence-corrected chi connectivity index (χ1v) is 11.6. The fraction of sp³-hybridized carbons (Fsp3) is 0.818. The molecule has 2 aliphatic heterocycles. The number of nitrogens with one attached hydrogen (secondary N) is 1. The van der Waals surface area contributed by atoms with Crippen LogP contribution in [-0.2, 0) is 6.18 Å². The molecule has 0 radical (unpaired) electrons. The molecule has 1 N–H and O–H groups in total. The highest BCUT2D eigenvalue weighted by atomic mass is 35.5. The lowest BCUT2D eigenvalue weighted by molar-refractivity contribution is -0.144. The lowest BCUT2D eigenvalue weighted by atomic mass is 9.69. The van der Waals surface area contributed by atoms with Crippen molar-refractivity contribution in [1.82, 2.24) is 15.3 Å². The molecule has 1 atom stereocenters. The van der Waals surface area contributed by atoms with Gasteiger partial charge in [0.25, 0.3) is 5.92 Å². The highest BCUT2D eigenvalue weighted by Gasteiger charge is 2.43. The van der Waals surface area contributed by atoms with E-state index in [4.69, 9.17) is 0 Å². The predicted octanol–water partition coefficient (Wildman–Crippen LogP) is 5.15. The normalized spacial score (nSPS) is 24.9. The van der Waals surface area contributed by atoms with E-state index in [0.717, 1.165) is 38.5 Å². The summed E-state index contributed by atoms with van der Waals surface area (Å²) in [6, 6.07) is 1.53. The molecule has 4 rings (SSSR count). The molecule has 2 saturated heterocycles. The molecule has 0 aromatic carbocycles. The smallest absolute Gasteiger partial charge is 0.359 e. The van der Waals surface area contributed by atoms with E-state index in [0.29, 0.717) is 13.1 Å². The van der Waals surface area contributed by atoms with E-state index in [1.54, 1.807) is 0 Å². The number of hydrogen-bond acceptors (Lipinski definition) is 5. The Kier molecular flexibility index (Phi) is 7.98. The van der Waals surface area contributed by atoms with E-state index in [9.17, 15) is 22.0 Å². The Morgan fingerprint density at radius 3 is 2.45 bits per heavy atom. The van der Waals surface area contributed by atoms with Crippen LogP contribution in [-0.4, -0.2) is 55.7 Å². The highest BCUT2D eigenvalue weighted by molar-refractivity contribution is 5.85. The van der Waals surface area contributed by atoms with E-state index in [1.165, 1.54) is 24.4 Å². The third-order valence-electron chi connectivity index (χ3n) is 7.36. The summed E-state index contributed by atoms with van der Waals surface area (Å²) in [5.74, 6) is -4.79. The third-order valence-corrected chi connectivity index (χ3v) is 7.36. The molecule has 33 heavy (non-hydrogen) atoms. The Hall–Kier alpha value is -1.42. The van der Waals surface area contributed by atoms with Crippen molar-refractivity contribution in [3.05, 3.63) is 11.9 Å². The van der Waals surface area contributed by atoms with Gasteiger partial charge in [-0.05, 0) is 31.1 Å².